The second-order valence-electron chi connectivity index (χ2n) is 4.81. The number of rotatable bonds is 5. The van der Waals surface area contributed by atoms with Crippen molar-refractivity contribution in [2.45, 2.75) is 31.3 Å². The zero-order valence-electron chi connectivity index (χ0n) is 11.4. The van der Waals surface area contributed by atoms with Crippen LogP contribution in [0.2, 0.25) is 0 Å². The van der Waals surface area contributed by atoms with Crippen LogP contribution in [0, 0.1) is 6.92 Å². The quantitative estimate of drug-likeness (QED) is 0.809. The minimum atomic E-state index is -3.55. The predicted molar refractivity (Wildman–Crippen MR) is 77.6 cm³/mol. The first-order valence-corrected chi connectivity index (χ1v) is 7.71. The van der Waals surface area contributed by atoms with Crippen molar-refractivity contribution >= 4 is 15.7 Å². The molecular weight excluding hydrogens is 276 g/mol. The summed E-state index contributed by atoms with van der Waals surface area (Å²) in [4.78, 5) is 4.18. The third-order valence-corrected chi connectivity index (χ3v) is 4.64. The molecule has 7 heteroatoms. The maximum Gasteiger partial charge on any atom is 0.241 e. The average Bonchev–Trinajstić information content (AvgIpc) is 2.79. The molecule has 0 bridgehead atoms. The van der Waals surface area contributed by atoms with Crippen molar-refractivity contribution in [3.63, 3.8) is 0 Å². The van der Waals surface area contributed by atoms with E-state index in [0.29, 0.717) is 17.8 Å². The molecule has 1 heterocycles. The van der Waals surface area contributed by atoms with Gasteiger partial charge in [-0.05, 0) is 37.6 Å². The van der Waals surface area contributed by atoms with Crippen molar-refractivity contribution in [1.29, 1.82) is 0 Å². The van der Waals surface area contributed by atoms with Crippen LogP contribution < -0.4 is 10.5 Å². The molecule has 1 aromatic heterocycles. The van der Waals surface area contributed by atoms with E-state index in [-0.39, 0.29) is 10.9 Å². The molecule has 0 aliphatic rings. The fraction of sp³-hybridized carbons (Fsp3) is 0.308. The van der Waals surface area contributed by atoms with E-state index >= 15 is 0 Å². The Balaban J connectivity index is 2.14. The van der Waals surface area contributed by atoms with Gasteiger partial charge < -0.3 is 10.3 Å². The summed E-state index contributed by atoms with van der Waals surface area (Å²) < 4.78 is 29.1. The number of aromatic nitrogens is 2. The van der Waals surface area contributed by atoms with Crippen LogP contribution in [0.5, 0.6) is 0 Å². The molecule has 3 N–H and O–H groups in total. The van der Waals surface area contributed by atoms with Gasteiger partial charge in [-0.2, -0.15) is 0 Å². The summed E-state index contributed by atoms with van der Waals surface area (Å²) in [7, 11) is -3.55. The molecule has 1 aromatic carbocycles. The van der Waals surface area contributed by atoms with Gasteiger partial charge in [-0.1, -0.05) is 0 Å². The first kappa shape index (κ1) is 14.5. The van der Waals surface area contributed by atoms with Crippen LogP contribution in [0.25, 0.3) is 0 Å². The number of anilines is 1. The van der Waals surface area contributed by atoms with Gasteiger partial charge in [-0.25, -0.2) is 18.1 Å². The van der Waals surface area contributed by atoms with Gasteiger partial charge >= 0.3 is 0 Å². The fourth-order valence-corrected chi connectivity index (χ4v) is 3.51. The number of nitrogens with zero attached hydrogens (tertiary/aromatic N) is 2. The van der Waals surface area contributed by atoms with Crippen LogP contribution in [0.4, 0.5) is 5.69 Å². The molecule has 0 spiro atoms. The van der Waals surface area contributed by atoms with Crippen LogP contribution in [0.15, 0.2) is 41.8 Å². The van der Waals surface area contributed by atoms with Gasteiger partial charge in [0, 0.05) is 30.7 Å². The first-order chi connectivity index (χ1) is 9.38. The molecular formula is C13H18N4O2S. The van der Waals surface area contributed by atoms with Gasteiger partial charge in [0.15, 0.2) is 0 Å². The van der Waals surface area contributed by atoms with E-state index in [9.17, 15) is 8.42 Å². The van der Waals surface area contributed by atoms with Crippen molar-refractivity contribution in [2.24, 2.45) is 0 Å². The molecule has 1 atom stereocenters. The van der Waals surface area contributed by atoms with Crippen molar-refractivity contribution < 1.29 is 8.42 Å². The molecule has 0 saturated carbocycles. The minimum absolute atomic E-state index is 0.244. The molecule has 6 nitrogen and oxygen atoms in total. The van der Waals surface area contributed by atoms with Gasteiger partial charge in [-0.15, -0.1) is 0 Å². The molecule has 0 aliphatic heterocycles. The summed E-state index contributed by atoms with van der Waals surface area (Å²) in [5, 5.41) is 0. The van der Waals surface area contributed by atoms with Crippen molar-refractivity contribution in [3.8, 4) is 0 Å². The highest BCUT2D eigenvalue weighted by Gasteiger charge is 2.19. The SMILES string of the molecule is Cc1cc(N)ccc1S(=O)(=O)NC(C)Cn1ccnc1. The zero-order chi connectivity index (χ0) is 14.8. The number of hydrogen-bond donors (Lipinski definition) is 2. The van der Waals surface area contributed by atoms with Crippen molar-refractivity contribution in [1.82, 2.24) is 14.3 Å². The summed E-state index contributed by atoms with van der Waals surface area (Å²) in [5.74, 6) is 0. The predicted octanol–water partition coefficient (Wildman–Crippen LogP) is 1.14. The molecule has 0 aliphatic carbocycles. The van der Waals surface area contributed by atoms with Gasteiger partial charge in [0.05, 0.1) is 11.2 Å². The zero-order valence-corrected chi connectivity index (χ0v) is 12.3. The largest absolute Gasteiger partial charge is 0.399 e. The summed E-state index contributed by atoms with van der Waals surface area (Å²) in [6, 6.07) is 4.51. The maximum atomic E-state index is 12.3. The van der Waals surface area contributed by atoms with Crippen LogP contribution in [-0.2, 0) is 16.6 Å². The van der Waals surface area contributed by atoms with E-state index < -0.39 is 10.0 Å². The summed E-state index contributed by atoms with van der Waals surface area (Å²) >= 11 is 0. The lowest BCUT2D eigenvalue weighted by Gasteiger charge is -2.16. The fourth-order valence-electron chi connectivity index (χ4n) is 2.05. The molecule has 2 rings (SSSR count). The van der Waals surface area contributed by atoms with E-state index in [2.05, 4.69) is 9.71 Å². The Morgan fingerprint density at radius 2 is 2.20 bits per heavy atom. The van der Waals surface area contributed by atoms with E-state index in [1.807, 2.05) is 11.5 Å². The number of aryl methyl sites for hydroxylation is 1. The number of imidazole rings is 1. The highest BCUT2D eigenvalue weighted by atomic mass is 32.2. The smallest absolute Gasteiger partial charge is 0.241 e. The van der Waals surface area contributed by atoms with Crippen LogP contribution in [0.3, 0.4) is 0 Å². The number of benzene rings is 1. The Labute approximate surface area is 118 Å². The Morgan fingerprint density at radius 3 is 2.80 bits per heavy atom. The molecule has 0 fully saturated rings. The van der Waals surface area contributed by atoms with Gasteiger partial charge in [0.2, 0.25) is 10.0 Å². The molecule has 108 valence electrons. The molecule has 0 saturated heterocycles. The number of nitrogens with one attached hydrogen (secondary N) is 1. The van der Waals surface area contributed by atoms with E-state index in [0.717, 1.165) is 0 Å². The maximum absolute atomic E-state index is 12.3. The molecule has 0 radical (unpaired) electrons. The third kappa shape index (κ3) is 3.37. The summed E-state index contributed by atoms with van der Waals surface area (Å²) in [6.45, 7) is 4.06. The van der Waals surface area contributed by atoms with Gasteiger partial charge in [0.1, 0.15) is 0 Å². The van der Waals surface area contributed by atoms with Crippen LogP contribution in [-0.4, -0.2) is 24.0 Å². The standard InChI is InChI=1S/C13H18N4O2S/c1-10-7-12(14)3-4-13(10)20(18,19)16-11(2)8-17-6-5-15-9-17/h3-7,9,11,16H,8,14H2,1-2H3. The average molecular weight is 294 g/mol. The normalized spacial score (nSPS) is 13.3. The second-order valence-corrected chi connectivity index (χ2v) is 6.49. The second kappa shape index (κ2) is 5.64. The Bertz CT molecular complexity index is 680. The van der Waals surface area contributed by atoms with E-state index in [1.54, 1.807) is 37.8 Å². The van der Waals surface area contributed by atoms with Crippen molar-refractivity contribution in [2.75, 3.05) is 5.73 Å². The van der Waals surface area contributed by atoms with Crippen LogP contribution in [0.1, 0.15) is 12.5 Å². The van der Waals surface area contributed by atoms with E-state index in [1.165, 1.54) is 6.07 Å². The Morgan fingerprint density at radius 1 is 1.45 bits per heavy atom. The van der Waals surface area contributed by atoms with Gasteiger partial charge in [-0.3, -0.25) is 0 Å². The summed E-state index contributed by atoms with van der Waals surface area (Å²) in [5.41, 5.74) is 6.82. The Hall–Kier alpha value is -1.86. The Kier molecular flexibility index (Phi) is 4.10. The number of hydrogen-bond acceptors (Lipinski definition) is 4. The lowest BCUT2D eigenvalue weighted by molar-refractivity contribution is 0.520. The van der Waals surface area contributed by atoms with Gasteiger partial charge in [0.25, 0.3) is 0 Å². The first-order valence-electron chi connectivity index (χ1n) is 6.22. The number of nitrogen functional groups attached to an aromatic ring is 1. The molecule has 2 aromatic rings. The molecule has 20 heavy (non-hydrogen) atoms. The highest BCUT2D eigenvalue weighted by Crippen LogP contribution is 2.18. The molecule has 0 amide bonds. The number of nitrogens with two attached hydrogens (primary N) is 1. The van der Waals surface area contributed by atoms with Crippen molar-refractivity contribution in [3.05, 3.63) is 42.5 Å². The lowest BCUT2D eigenvalue weighted by atomic mass is 10.2. The summed E-state index contributed by atoms with van der Waals surface area (Å²) in [6.07, 6.45) is 5.10. The lowest BCUT2D eigenvalue weighted by Crippen LogP contribution is -2.35. The molecule has 1 unspecified atom stereocenters. The van der Waals surface area contributed by atoms with E-state index in [4.69, 9.17) is 5.73 Å². The highest BCUT2D eigenvalue weighted by molar-refractivity contribution is 7.89. The third-order valence-electron chi connectivity index (χ3n) is 2.89. The minimum Gasteiger partial charge on any atom is -0.399 e. The number of sulfonamides is 1. The topological polar surface area (TPSA) is 90.0 Å². The monoisotopic (exact) mass is 294 g/mol. The van der Waals surface area contributed by atoms with Crippen LogP contribution >= 0.6 is 0 Å².